The van der Waals surface area contributed by atoms with Gasteiger partial charge < -0.3 is 19.4 Å². The lowest BCUT2D eigenvalue weighted by Crippen LogP contribution is -2.48. The van der Waals surface area contributed by atoms with Crippen LogP contribution in [0.1, 0.15) is 23.1 Å². The summed E-state index contributed by atoms with van der Waals surface area (Å²) in [6.07, 6.45) is 0. The molecule has 2 aliphatic rings. The van der Waals surface area contributed by atoms with Gasteiger partial charge in [-0.25, -0.2) is 9.97 Å². The van der Waals surface area contributed by atoms with Crippen LogP contribution in [0.3, 0.4) is 0 Å². The maximum absolute atomic E-state index is 12.6. The molecule has 0 spiro atoms. The fraction of sp³-hybridized carbons (Fsp3) is 0.625. The molecule has 8 nitrogen and oxygen atoms in total. The summed E-state index contributed by atoms with van der Waals surface area (Å²) in [6, 6.07) is 1.73. The summed E-state index contributed by atoms with van der Waals surface area (Å²) in [5, 5.41) is 0. The molecule has 2 fully saturated rings. The summed E-state index contributed by atoms with van der Waals surface area (Å²) in [7, 11) is 0. The van der Waals surface area contributed by atoms with Gasteiger partial charge in [0, 0.05) is 51.9 Å². The van der Waals surface area contributed by atoms with Crippen molar-refractivity contribution in [2.75, 3.05) is 57.4 Å². The van der Waals surface area contributed by atoms with Crippen molar-refractivity contribution in [2.24, 2.45) is 0 Å². The maximum atomic E-state index is 12.6. The molecule has 2 saturated heterocycles. The minimum absolute atomic E-state index is 0.0765. The van der Waals surface area contributed by atoms with Gasteiger partial charge in [0.15, 0.2) is 0 Å². The van der Waals surface area contributed by atoms with Gasteiger partial charge in [-0.15, -0.1) is 0 Å². The van der Waals surface area contributed by atoms with E-state index in [1.807, 2.05) is 16.7 Å². The number of nitrogens with zero attached hydrogens (tertiary/aromatic N) is 5. The summed E-state index contributed by atoms with van der Waals surface area (Å²) in [6.45, 7) is 8.42. The zero-order valence-electron chi connectivity index (χ0n) is 14.2. The number of hydrogen-bond donors (Lipinski definition) is 0. The van der Waals surface area contributed by atoms with Crippen molar-refractivity contribution in [3.05, 3.63) is 17.5 Å². The Bertz CT molecular complexity index is 622. The Balaban J connectivity index is 1.74. The van der Waals surface area contributed by atoms with E-state index in [0.717, 1.165) is 5.69 Å². The number of amides is 2. The average molecular weight is 333 g/mol. The van der Waals surface area contributed by atoms with Gasteiger partial charge >= 0.3 is 0 Å². The fourth-order valence-corrected chi connectivity index (χ4v) is 2.95. The van der Waals surface area contributed by atoms with Crippen LogP contribution in [0, 0.1) is 6.92 Å². The third-order valence-electron chi connectivity index (χ3n) is 4.37. The van der Waals surface area contributed by atoms with Crippen molar-refractivity contribution in [3.63, 3.8) is 0 Å². The number of anilines is 1. The molecular weight excluding hydrogens is 310 g/mol. The van der Waals surface area contributed by atoms with E-state index in [1.165, 1.54) is 0 Å². The Hall–Kier alpha value is -2.22. The number of carbonyl (C=O) groups is 2. The number of piperazine rings is 1. The molecule has 3 rings (SSSR count). The monoisotopic (exact) mass is 333 g/mol. The van der Waals surface area contributed by atoms with Crippen molar-refractivity contribution in [3.8, 4) is 0 Å². The van der Waals surface area contributed by atoms with Crippen LogP contribution in [0.2, 0.25) is 0 Å². The van der Waals surface area contributed by atoms with Crippen LogP contribution >= 0.6 is 0 Å². The smallest absolute Gasteiger partial charge is 0.272 e. The zero-order valence-corrected chi connectivity index (χ0v) is 14.2. The second kappa shape index (κ2) is 7.12. The second-order valence-corrected chi connectivity index (χ2v) is 6.09. The third-order valence-corrected chi connectivity index (χ3v) is 4.37. The minimum atomic E-state index is -0.0765. The Kier molecular flexibility index (Phi) is 4.94. The highest BCUT2D eigenvalue weighted by molar-refractivity contribution is 5.92. The maximum Gasteiger partial charge on any atom is 0.272 e. The van der Waals surface area contributed by atoms with Crippen LogP contribution in [-0.4, -0.2) is 84.1 Å². The number of aromatic nitrogens is 2. The SMILES string of the molecule is CC(=O)N1CCN(c2nc(C)cc(C(=O)N3CCOCC3)n2)CC1. The standard InChI is InChI=1S/C16H23N5O3/c1-12-11-14(15(23)20-7-9-24-10-8-20)18-16(17-12)21-5-3-19(4-6-21)13(2)22/h11H,3-10H2,1-2H3. The minimum Gasteiger partial charge on any atom is -0.378 e. The molecule has 0 radical (unpaired) electrons. The summed E-state index contributed by atoms with van der Waals surface area (Å²) in [5.41, 5.74) is 1.19. The van der Waals surface area contributed by atoms with Crippen molar-refractivity contribution in [2.45, 2.75) is 13.8 Å². The van der Waals surface area contributed by atoms with Crippen molar-refractivity contribution < 1.29 is 14.3 Å². The quantitative estimate of drug-likeness (QED) is 0.754. The molecule has 2 amide bonds. The molecule has 130 valence electrons. The molecule has 0 unspecified atom stereocenters. The van der Waals surface area contributed by atoms with E-state index in [2.05, 4.69) is 9.97 Å². The van der Waals surface area contributed by atoms with E-state index < -0.39 is 0 Å². The van der Waals surface area contributed by atoms with Gasteiger partial charge in [0.2, 0.25) is 11.9 Å². The summed E-state index contributed by atoms with van der Waals surface area (Å²) in [4.78, 5) is 38.6. The molecule has 8 heteroatoms. The summed E-state index contributed by atoms with van der Waals surface area (Å²) < 4.78 is 5.29. The number of aryl methyl sites for hydroxylation is 1. The van der Waals surface area contributed by atoms with E-state index in [-0.39, 0.29) is 11.8 Å². The molecule has 0 N–H and O–H groups in total. The molecule has 1 aromatic rings. The molecule has 2 aliphatic heterocycles. The zero-order chi connectivity index (χ0) is 17.1. The number of hydrogen-bond acceptors (Lipinski definition) is 6. The van der Waals surface area contributed by atoms with Crippen LogP contribution in [-0.2, 0) is 9.53 Å². The molecule has 0 aromatic carbocycles. The van der Waals surface area contributed by atoms with Crippen LogP contribution in [0.4, 0.5) is 5.95 Å². The van der Waals surface area contributed by atoms with E-state index in [9.17, 15) is 9.59 Å². The number of carbonyl (C=O) groups excluding carboxylic acids is 2. The molecule has 24 heavy (non-hydrogen) atoms. The van der Waals surface area contributed by atoms with Crippen molar-refractivity contribution in [1.82, 2.24) is 19.8 Å². The highest BCUT2D eigenvalue weighted by Gasteiger charge is 2.24. The third kappa shape index (κ3) is 3.64. The fourth-order valence-electron chi connectivity index (χ4n) is 2.95. The van der Waals surface area contributed by atoms with Gasteiger partial charge in [-0.2, -0.15) is 0 Å². The van der Waals surface area contributed by atoms with Crippen molar-refractivity contribution in [1.29, 1.82) is 0 Å². The van der Waals surface area contributed by atoms with Crippen LogP contribution in [0.25, 0.3) is 0 Å². The first-order valence-corrected chi connectivity index (χ1v) is 8.28. The predicted molar refractivity (Wildman–Crippen MR) is 88.0 cm³/mol. The lowest BCUT2D eigenvalue weighted by atomic mass is 10.2. The normalized spacial score (nSPS) is 18.7. The molecule has 0 aliphatic carbocycles. The Morgan fingerprint density at radius 3 is 2.29 bits per heavy atom. The number of rotatable bonds is 2. The van der Waals surface area contributed by atoms with E-state index in [1.54, 1.807) is 17.9 Å². The lowest BCUT2D eigenvalue weighted by molar-refractivity contribution is -0.129. The van der Waals surface area contributed by atoms with Gasteiger partial charge in [0.1, 0.15) is 5.69 Å². The molecular formula is C16H23N5O3. The Morgan fingerprint density at radius 1 is 1.00 bits per heavy atom. The van der Waals surface area contributed by atoms with E-state index >= 15 is 0 Å². The van der Waals surface area contributed by atoms with Gasteiger partial charge in [-0.3, -0.25) is 9.59 Å². The first-order valence-electron chi connectivity index (χ1n) is 8.28. The first kappa shape index (κ1) is 16.6. The predicted octanol–water partition coefficient (Wildman–Crippen LogP) is -0.0741. The topological polar surface area (TPSA) is 78.9 Å². The van der Waals surface area contributed by atoms with Gasteiger partial charge in [-0.1, -0.05) is 0 Å². The van der Waals surface area contributed by atoms with E-state index in [4.69, 9.17) is 4.74 Å². The number of morpholine rings is 1. The molecule has 0 bridgehead atoms. The summed E-state index contributed by atoms with van der Waals surface area (Å²) >= 11 is 0. The van der Waals surface area contributed by atoms with Crippen LogP contribution < -0.4 is 4.90 Å². The largest absolute Gasteiger partial charge is 0.378 e. The van der Waals surface area contributed by atoms with E-state index in [0.29, 0.717) is 64.1 Å². The first-order chi connectivity index (χ1) is 11.5. The van der Waals surface area contributed by atoms with Gasteiger partial charge in [0.05, 0.1) is 13.2 Å². The van der Waals surface area contributed by atoms with Gasteiger partial charge in [-0.05, 0) is 13.0 Å². The Labute approximate surface area is 141 Å². The van der Waals surface area contributed by atoms with Crippen LogP contribution in [0.5, 0.6) is 0 Å². The number of ether oxygens (including phenoxy) is 1. The molecule has 0 atom stereocenters. The molecule has 0 saturated carbocycles. The second-order valence-electron chi connectivity index (χ2n) is 6.09. The lowest BCUT2D eigenvalue weighted by Gasteiger charge is -2.34. The highest BCUT2D eigenvalue weighted by Crippen LogP contribution is 2.15. The van der Waals surface area contributed by atoms with Gasteiger partial charge in [0.25, 0.3) is 5.91 Å². The highest BCUT2D eigenvalue weighted by atomic mass is 16.5. The molecule has 1 aromatic heterocycles. The Morgan fingerprint density at radius 2 is 1.67 bits per heavy atom. The van der Waals surface area contributed by atoms with Crippen molar-refractivity contribution >= 4 is 17.8 Å². The van der Waals surface area contributed by atoms with Crippen LogP contribution in [0.15, 0.2) is 6.07 Å². The summed E-state index contributed by atoms with van der Waals surface area (Å²) in [5.74, 6) is 0.574. The average Bonchev–Trinajstić information content (AvgIpc) is 2.61. The molecule has 3 heterocycles.